The summed E-state index contributed by atoms with van der Waals surface area (Å²) in [5, 5.41) is 2.59. The molecule has 3 rings (SSSR count). The molecule has 27 heavy (non-hydrogen) atoms. The van der Waals surface area contributed by atoms with E-state index in [1.54, 1.807) is 12.1 Å². The van der Waals surface area contributed by atoms with Crippen LogP contribution < -0.4 is 10.2 Å². The third-order valence-electron chi connectivity index (χ3n) is 4.30. The summed E-state index contributed by atoms with van der Waals surface area (Å²) < 4.78 is 14.3. The Bertz CT molecular complexity index is 852. The fourth-order valence-electron chi connectivity index (χ4n) is 3.05. The zero-order valence-corrected chi connectivity index (χ0v) is 16.5. The van der Waals surface area contributed by atoms with Crippen LogP contribution in [0.1, 0.15) is 36.8 Å². The topological polar surface area (TPSA) is 49.4 Å². The first kappa shape index (κ1) is 19.4. The normalized spacial score (nSPS) is 16.9. The van der Waals surface area contributed by atoms with Crippen molar-refractivity contribution in [2.75, 3.05) is 16.0 Å². The van der Waals surface area contributed by atoms with E-state index >= 15 is 0 Å². The summed E-state index contributed by atoms with van der Waals surface area (Å²) in [6.07, 6.45) is 0.467. The van der Waals surface area contributed by atoms with Gasteiger partial charge in [0.25, 0.3) is 0 Å². The molecule has 1 N–H and O–H groups in total. The van der Waals surface area contributed by atoms with Crippen LogP contribution in [0.5, 0.6) is 0 Å². The number of amides is 2. The van der Waals surface area contributed by atoms with Crippen LogP contribution in [0.25, 0.3) is 0 Å². The lowest BCUT2D eigenvalue weighted by atomic mass is 10.1. The van der Waals surface area contributed by atoms with Crippen LogP contribution in [0.4, 0.5) is 15.8 Å². The van der Waals surface area contributed by atoms with Crippen molar-refractivity contribution in [2.45, 2.75) is 32.6 Å². The van der Waals surface area contributed by atoms with Gasteiger partial charge in [0.05, 0.1) is 11.4 Å². The molecule has 6 heteroatoms. The van der Waals surface area contributed by atoms with Crippen molar-refractivity contribution in [3.05, 3.63) is 59.4 Å². The molecule has 1 fully saturated rings. The molecular formula is C21H23FN2O2S. The Labute approximate surface area is 163 Å². The Morgan fingerprint density at radius 1 is 1.26 bits per heavy atom. The second-order valence-corrected chi connectivity index (χ2v) is 8.22. The van der Waals surface area contributed by atoms with Gasteiger partial charge in [-0.1, -0.05) is 32.0 Å². The second kappa shape index (κ2) is 8.13. The van der Waals surface area contributed by atoms with Crippen molar-refractivity contribution < 1.29 is 14.0 Å². The molecule has 2 aromatic carbocycles. The Morgan fingerprint density at radius 3 is 2.63 bits per heavy atom. The van der Waals surface area contributed by atoms with Gasteiger partial charge in [-0.2, -0.15) is 0 Å². The highest BCUT2D eigenvalue weighted by Gasteiger charge is 2.35. The predicted molar refractivity (Wildman–Crippen MR) is 108 cm³/mol. The highest BCUT2D eigenvalue weighted by atomic mass is 32.2. The van der Waals surface area contributed by atoms with Gasteiger partial charge in [-0.3, -0.25) is 14.5 Å². The van der Waals surface area contributed by atoms with Crippen molar-refractivity contribution in [2.24, 2.45) is 5.92 Å². The van der Waals surface area contributed by atoms with Crippen LogP contribution in [-0.2, 0) is 9.59 Å². The van der Waals surface area contributed by atoms with Crippen LogP contribution in [-0.4, -0.2) is 17.6 Å². The standard InChI is InChI=1S/C21H23FN2O2S/c1-13(2)10-19(25)23-16-7-5-15(6-8-16)21-24(20(26)12-27-21)18-11-14(3)4-9-17(18)22/h4-9,11,13,21H,10,12H2,1-3H3,(H,23,25)/t21-/m1/s1. The first-order valence-electron chi connectivity index (χ1n) is 8.95. The van der Waals surface area contributed by atoms with Gasteiger partial charge in [0, 0.05) is 12.1 Å². The highest BCUT2D eigenvalue weighted by molar-refractivity contribution is 8.00. The lowest BCUT2D eigenvalue weighted by Crippen LogP contribution is -2.28. The van der Waals surface area contributed by atoms with Crippen LogP contribution in [0.3, 0.4) is 0 Å². The monoisotopic (exact) mass is 386 g/mol. The fourth-order valence-corrected chi connectivity index (χ4v) is 4.22. The van der Waals surface area contributed by atoms with E-state index in [0.717, 1.165) is 11.1 Å². The number of thioether (sulfide) groups is 1. The van der Waals surface area contributed by atoms with Crippen molar-refractivity contribution in [3.8, 4) is 0 Å². The number of halogens is 1. The summed E-state index contributed by atoms with van der Waals surface area (Å²) in [6, 6.07) is 12.2. The Kier molecular flexibility index (Phi) is 5.85. The zero-order chi connectivity index (χ0) is 19.6. The van der Waals surface area contributed by atoms with Gasteiger partial charge in [-0.25, -0.2) is 4.39 Å². The van der Waals surface area contributed by atoms with Crippen LogP contribution >= 0.6 is 11.8 Å². The van der Waals surface area contributed by atoms with Gasteiger partial charge in [0.15, 0.2) is 0 Å². The van der Waals surface area contributed by atoms with E-state index in [9.17, 15) is 14.0 Å². The molecule has 1 atom stereocenters. The number of carbonyl (C=O) groups is 2. The van der Waals surface area contributed by atoms with Crippen LogP contribution in [0.15, 0.2) is 42.5 Å². The molecule has 0 saturated carbocycles. The summed E-state index contributed by atoms with van der Waals surface area (Å²) in [5.74, 6) is 0.0719. The molecule has 2 aromatic rings. The number of nitrogens with zero attached hydrogens (tertiary/aromatic N) is 1. The molecule has 0 aliphatic carbocycles. The van der Waals surface area contributed by atoms with Crippen LogP contribution in [0, 0.1) is 18.7 Å². The third kappa shape index (κ3) is 4.50. The van der Waals surface area contributed by atoms with Gasteiger partial charge >= 0.3 is 0 Å². The molecule has 1 saturated heterocycles. The van der Waals surface area contributed by atoms with Crippen molar-refractivity contribution >= 4 is 35.0 Å². The predicted octanol–water partition coefficient (Wildman–Crippen LogP) is 4.90. The maximum Gasteiger partial charge on any atom is 0.238 e. The molecule has 1 aliphatic heterocycles. The molecule has 0 radical (unpaired) electrons. The summed E-state index contributed by atoms with van der Waals surface area (Å²) in [7, 11) is 0. The quantitative estimate of drug-likeness (QED) is 0.795. The molecule has 0 bridgehead atoms. The third-order valence-corrected chi connectivity index (χ3v) is 5.51. The zero-order valence-electron chi connectivity index (χ0n) is 15.7. The maximum atomic E-state index is 14.3. The van der Waals surface area contributed by atoms with Gasteiger partial charge in [0.1, 0.15) is 11.2 Å². The lowest BCUT2D eigenvalue weighted by Gasteiger charge is -2.25. The SMILES string of the molecule is Cc1ccc(F)c(N2C(=O)CS[C@@H]2c2ccc(NC(=O)CC(C)C)cc2)c1. The number of hydrogen-bond donors (Lipinski definition) is 1. The van der Waals surface area contributed by atoms with Gasteiger partial charge in [-0.05, 0) is 48.2 Å². The van der Waals surface area contributed by atoms with E-state index in [1.807, 2.05) is 45.0 Å². The minimum Gasteiger partial charge on any atom is -0.326 e. The molecule has 0 unspecified atom stereocenters. The molecule has 1 heterocycles. The Morgan fingerprint density at radius 2 is 1.96 bits per heavy atom. The van der Waals surface area contributed by atoms with E-state index in [2.05, 4.69) is 5.32 Å². The molecule has 1 aliphatic rings. The minimum atomic E-state index is -0.404. The fraction of sp³-hybridized carbons (Fsp3) is 0.333. The number of nitrogens with one attached hydrogen (secondary N) is 1. The Balaban J connectivity index is 1.81. The number of hydrogen-bond acceptors (Lipinski definition) is 3. The van der Waals surface area contributed by atoms with E-state index in [-0.39, 0.29) is 17.2 Å². The smallest absolute Gasteiger partial charge is 0.238 e. The number of aryl methyl sites for hydroxylation is 1. The number of carbonyl (C=O) groups excluding carboxylic acids is 2. The van der Waals surface area contributed by atoms with Crippen molar-refractivity contribution in [3.63, 3.8) is 0 Å². The second-order valence-electron chi connectivity index (χ2n) is 7.15. The van der Waals surface area contributed by atoms with Crippen molar-refractivity contribution in [1.82, 2.24) is 0 Å². The average Bonchev–Trinajstić information content (AvgIpc) is 2.98. The number of rotatable bonds is 5. The number of benzene rings is 2. The Hall–Kier alpha value is -2.34. The summed E-state index contributed by atoms with van der Waals surface area (Å²) >= 11 is 1.47. The first-order chi connectivity index (χ1) is 12.8. The molecule has 4 nitrogen and oxygen atoms in total. The largest absolute Gasteiger partial charge is 0.326 e. The molecule has 0 aromatic heterocycles. The summed E-state index contributed by atoms with van der Waals surface area (Å²) in [5.41, 5.74) is 2.82. The minimum absolute atomic E-state index is 0.0216. The van der Waals surface area contributed by atoms with E-state index in [1.165, 1.54) is 22.7 Å². The van der Waals surface area contributed by atoms with Gasteiger partial charge < -0.3 is 5.32 Å². The van der Waals surface area contributed by atoms with E-state index < -0.39 is 5.82 Å². The van der Waals surface area contributed by atoms with E-state index in [4.69, 9.17) is 0 Å². The van der Waals surface area contributed by atoms with Crippen LogP contribution in [0.2, 0.25) is 0 Å². The molecule has 0 spiro atoms. The van der Waals surface area contributed by atoms with E-state index in [0.29, 0.717) is 29.5 Å². The first-order valence-corrected chi connectivity index (χ1v) is 9.99. The van der Waals surface area contributed by atoms with Crippen molar-refractivity contribution in [1.29, 1.82) is 0 Å². The molecule has 142 valence electrons. The average molecular weight is 386 g/mol. The van der Waals surface area contributed by atoms with Gasteiger partial charge in [-0.15, -0.1) is 11.8 Å². The number of anilines is 2. The summed E-state index contributed by atoms with van der Waals surface area (Å²) in [6.45, 7) is 5.87. The maximum absolute atomic E-state index is 14.3. The van der Waals surface area contributed by atoms with Gasteiger partial charge in [0.2, 0.25) is 11.8 Å². The highest BCUT2D eigenvalue weighted by Crippen LogP contribution is 2.42. The molecular weight excluding hydrogens is 363 g/mol. The molecule has 2 amide bonds. The lowest BCUT2D eigenvalue weighted by molar-refractivity contribution is -0.117. The summed E-state index contributed by atoms with van der Waals surface area (Å²) in [4.78, 5) is 25.8.